The van der Waals surface area contributed by atoms with Crippen LogP contribution in [0.5, 0.6) is 5.75 Å². The Morgan fingerprint density at radius 1 is 1.24 bits per heavy atom. The van der Waals surface area contributed by atoms with Crippen LogP contribution in [-0.2, 0) is 13.2 Å². The van der Waals surface area contributed by atoms with E-state index >= 15 is 0 Å². The second-order valence-corrected chi connectivity index (χ2v) is 8.36. The van der Waals surface area contributed by atoms with Crippen LogP contribution in [0.3, 0.4) is 0 Å². The first-order valence-electron chi connectivity index (χ1n) is 9.62. The van der Waals surface area contributed by atoms with Gasteiger partial charge in [0.05, 0.1) is 12.1 Å². The fraction of sp³-hybridized carbons (Fsp3) is 0.136. The van der Waals surface area contributed by atoms with Crippen LogP contribution in [0.2, 0.25) is 5.02 Å². The van der Waals surface area contributed by atoms with Gasteiger partial charge in [0.1, 0.15) is 23.2 Å². The predicted octanol–water partition coefficient (Wildman–Crippen LogP) is 5.75. The van der Waals surface area contributed by atoms with E-state index in [1.807, 2.05) is 24.3 Å². The number of aryl methyl sites for hydroxylation is 1. The second-order valence-electron chi connectivity index (χ2n) is 7.03. The summed E-state index contributed by atoms with van der Waals surface area (Å²) in [6.07, 6.45) is 1.59. The van der Waals surface area contributed by atoms with E-state index in [-0.39, 0.29) is 28.9 Å². The molecule has 2 heterocycles. The normalized spacial score (nSPS) is 10.9. The molecule has 2 aromatic heterocycles. The van der Waals surface area contributed by atoms with Crippen molar-refractivity contribution in [2.75, 3.05) is 5.32 Å². The van der Waals surface area contributed by atoms with Crippen molar-refractivity contribution in [2.45, 2.75) is 20.1 Å². The molecule has 0 bridgehead atoms. The third-order valence-electron chi connectivity index (χ3n) is 4.67. The molecule has 33 heavy (non-hydrogen) atoms. The van der Waals surface area contributed by atoms with Gasteiger partial charge in [-0.3, -0.25) is 9.48 Å². The molecule has 4 aromatic rings. The lowest BCUT2D eigenvalue weighted by molar-refractivity contribution is 0.101. The first-order valence-corrected chi connectivity index (χ1v) is 10.8. The van der Waals surface area contributed by atoms with Crippen molar-refractivity contribution in [3.63, 3.8) is 0 Å². The van der Waals surface area contributed by atoms with E-state index in [0.717, 1.165) is 22.2 Å². The number of amides is 1. The van der Waals surface area contributed by atoms with Gasteiger partial charge >= 0.3 is 0 Å². The zero-order chi connectivity index (χ0) is 23.5. The van der Waals surface area contributed by atoms with Crippen molar-refractivity contribution >= 4 is 39.3 Å². The number of hydrogen-bond donors (Lipinski definition) is 1. The summed E-state index contributed by atoms with van der Waals surface area (Å²) in [7, 11) is 0. The molecule has 1 amide bonds. The van der Waals surface area contributed by atoms with E-state index in [4.69, 9.17) is 20.9 Å². The fourth-order valence-corrected chi connectivity index (χ4v) is 3.45. The highest BCUT2D eigenvalue weighted by Crippen LogP contribution is 2.24. The highest BCUT2D eigenvalue weighted by atomic mass is 79.9. The van der Waals surface area contributed by atoms with Gasteiger partial charge in [0.2, 0.25) is 0 Å². The molecule has 0 aliphatic carbocycles. The Kier molecular flexibility index (Phi) is 6.75. The molecule has 2 aromatic carbocycles. The van der Waals surface area contributed by atoms with Crippen molar-refractivity contribution in [3.8, 4) is 5.75 Å². The summed E-state index contributed by atoms with van der Waals surface area (Å²) in [4.78, 5) is 12.8. The molecule has 0 aliphatic rings. The summed E-state index contributed by atoms with van der Waals surface area (Å²) in [5, 5.41) is 10.9. The Bertz CT molecular complexity index is 1310. The van der Waals surface area contributed by atoms with Crippen molar-refractivity contribution in [1.82, 2.24) is 14.9 Å². The van der Waals surface area contributed by atoms with Gasteiger partial charge in [0.25, 0.3) is 5.91 Å². The van der Waals surface area contributed by atoms with Crippen molar-refractivity contribution < 1.29 is 22.8 Å². The molecule has 0 unspecified atom stereocenters. The van der Waals surface area contributed by atoms with Crippen molar-refractivity contribution in [2.24, 2.45) is 0 Å². The minimum Gasteiger partial charge on any atom is -0.486 e. The molecule has 1 N–H and O–H groups in total. The minimum absolute atomic E-state index is 0.0615. The summed E-state index contributed by atoms with van der Waals surface area (Å²) < 4.78 is 40.0. The van der Waals surface area contributed by atoms with Crippen LogP contribution >= 0.6 is 27.5 Å². The smallest absolute Gasteiger partial charge is 0.279 e. The number of anilines is 1. The number of hydrogen-bond acceptors (Lipinski definition) is 5. The first-order chi connectivity index (χ1) is 15.8. The number of rotatable bonds is 7. The van der Waals surface area contributed by atoms with Gasteiger partial charge in [0, 0.05) is 16.7 Å². The Balaban J connectivity index is 1.47. The molecule has 0 radical (unpaired) electrons. The fourth-order valence-electron chi connectivity index (χ4n) is 2.99. The van der Waals surface area contributed by atoms with Crippen LogP contribution in [0, 0.1) is 18.6 Å². The largest absolute Gasteiger partial charge is 0.486 e. The first kappa shape index (κ1) is 22.9. The lowest BCUT2D eigenvalue weighted by Gasteiger charge is -2.08. The molecule has 0 saturated heterocycles. The number of nitrogens with zero attached hydrogens (tertiary/aromatic N) is 3. The maximum Gasteiger partial charge on any atom is 0.279 e. The number of halogens is 4. The second kappa shape index (κ2) is 9.72. The van der Waals surface area contributed by atoms with Gasteiger partial charge in [-0.2, -0.15) is 5.10 Å². The van der Waals surface area contributed by atoms with E-state index in [9.17, 15) is 13.6 Å². The Morgan fingerprint density at radius 3 is 2.73 bits per heavy atom. The zero-order valence-corrected chi connectivity index (χ0v) is 19.5. The van der Waals surface area contributed by atoms with Crippen molar-refractivity contribution in [3.05, 3.63) is 92.4 Å². The molecule has 0 atom stereocenters. The van der Waals surface area contributed by atoms with Gasteiger partial charge in [0.15, 0.2) is 23.1 Å². The summed E-state index contributed by atoms with van der Waals surface area (Å²) >= 11 is 9.62. The standard InChI is InChI=1S/C22H16BrClF2N4O3/c1-12-16(11-32-19-7-6-15(25)8-18(19)26)20(29-33-12)22(31)27-21-17(24)10-30(28-21)9-13-2-4-14(23)5-3-13/h2-8,10H,9,11H2,1H3,(H,27,28,31). The Hall–Kier alpha value is -3.24. The van der Waals surface area contributed by atoms with Crippen LogP contribution in [0.4, 0.5) is 14.6 Å². The number of aromatic nitrogens is 3. The summed E-state index contributed by atoms with van der Waals surface area (Å²) in [5.41, 5.74) is 1.24. The van der Waals surface area contributed by atoms with Crippen LogP contribution in [0.25, 0.3) is 0 Å². The molecular weight excluding hydrogens is 522 g/mol. The molecule has 0 aliphatic heterocycles. The van der Waals surface area contributed by atoms with Gasteiger partial charge in [-0.05, 0) is 36.8 Å². The molecule has 0 spiro atoms. The van der Waals surface area contributed by atoms with Gasteiger partial charge in [-0.1, -0.05) is 44.8 Å². The third kappa shape index (κ3) is 5.40. The molecule has 11 heteroatoms. The van der Waals surface area contributed by atoms with E-state index in [0.29, 0.717) is 23.9 Å². The quantitative estimate of drug-likeness (QED) is 0.324. The SMILES string of the molecule is Cc1onc(C(=O)Nc2nn(Cc3ccc(Br)cc3)cc2Cl)c1COc1ccc(F)cc1F. The summed E-state index contributed by atoms with van der Waals surface area (Å²) in [5.74, 6) is -1.92. The lowest BCUT2D eigenvalue weighted by Crippen LogP contribution is -2.16. The van der Waals surface area contributed by atoms with Crippen LogP contribution in [0.15, 0.2) is 57.7 Å². The third-order valence-corrected chi connectivity index (χ3v) is 5.48. The minimum atomic E-state index is -0.863. The van der Waals surface area contributed by atoms with Crippen LogP contribution in [-0.4, -0.2) is 20.8 Å². The molecule has 170 valence electrons. The molecular formula is C22H16BrClF2N4O3. The average Bonchev–Trinajstić information content (AvgIpc) is 3.31. The maximum absolute atomic E-state index is 13.8. The molecule has 0 fully saturated rings. The van der Waals surface area contributed by atoms with Gasteiger partial charge in [-0.15, -0.1) is 0 Å². The maximum atomic E-state index is 13.8. The highest BCUT2D eigenvalue weighted by molar-refractivity contribution is 9.10. The van der Waals surface area contributed by atoms with E-state index in [2.05, 4.69) is 31.5 Å². The predicted molar refractivity (Wildman–Crippen MR) is 120 cm³/mol. The molecule has 7 nitrogen and oxygen atoms in total. The van der Waals surface area contributed by atoms with Gasteiger partial charge in [-0.25, -0.2) is 8.78 Å². The topological polar surface area (TPSA) is 82.2 Å². The summed E-state index contributed by atoms with van der Waals surface area (Å²) in [6, 6.07) is 10.6. The number of carbonyl (C=O) groups is 1. The van der Waals surface area contributed by atoms with Crippen LogP contribution in [0.1, 0.15) is 27.4 Å². The van der Waals surface area contributed by atoms with E-state index in [1.54, 1.807) is 17.8 Å². The summed E-state index contributed by atoms with van der Waals surface area (Å²) in [6.45, 7) is 1.82. The Labute approximate surface area is 200 Å². The number of carbonyl (C=O) groups excluding carboxylic acids is 1. The Morgan fingerprint density at radius 2 is 2.00 bits per heavy atom. The van der Waals surface area contributed by atoms with Crippen molar-refractivity contribution in [1.29, 1.82) is 0 Å². The highest BCUT2D eigenvalue weighted by Gasteiger charge is 2.23. The average molecular weight is 538 g/mol. The number of benzene rings is 2. The number of ether oxygens (including phenoxy) is 1. The van der Waals surface area contributed by atoms with Gasteiger partial charge < -0.3 is 14.6 Å². The molecule has 0 saturated carbocycles. The van der Waals surface area contributed by atoms with E-state index in [1.165, 1.54) is 0 Å². The number of nitrogens with one attached hydrogen (secondary N) is 1. The molecule has 4 rings (SSSR count). The van der Waals surface area contributed by atoms with Crippen LogP contribution < -0.4 is 10.1 Å². The lowest BCUT2D eigenvalue weighted by atomic mass is 10.2. The monoisotopic (exact) mass is 536 g/mol. The zero-order valence-electron chi connectivity index (χ0n) is 17.1. The van der Waals surface area contributed by atoms with E-state index < -0.39 is 17.5 Å².